The van der Waals surface area contributed by atoms with Crippen LogP contribution in [-0.4, -0.2) is 23.7 Å². The maximum atomic E-state index is 13.4. The van der Waals surface area contributed by atoms with Crippen molar-refractivity contribution in [2.45, 2.75) is 0 Å². The van der Waals surface area contributed by atoms with Gasteiger partial charge in [0.25, 0.3) is 11.8 Å². The largest absolute Gasteiger partial charge is 0.454 e. The Hall–Kier alpha value is -3.97. The van der Waals surface area contributed by atoms with Crippen LogP contribution in [0, 0.1) is 0 Å². The number of anilines is 2. The normalized spacial score (nSPS) is 15.5. The highest BCUT2D eigenvalue weighted by Crippen LogP contribution is 2.34. The topological polar surface area (TPSA) is 59.1 Å². The molecule has 3 aromatic carbocycles. The summed E-state index contributed by atoms with van der Waals surface area (Å²) in [6.07, 6.45) is 1.56. The van der Waals surface area contributed by atoms with Gasteiger partial charge in [-0.1, -0.05) is 42.5 Å². The second-order valence-corrected chi connectivity index (χ2v) is 7.27. The number of ether oxygens (including phenoxy) is 2. The Labute approximate surface area is 183 Å². The van der Waals surface area contributed by atoms with Crippen LogP contribution in [0.4, 0.5) is 11.4 Å². The SMILES string of the molecule is O=C1C(=Cc2ccc3c(c2)OCO3)C(=O)N(c2ccccc2)C(=S)N1c1ccccc1. The lowest BCUT2D eigenvalue weighted by atomic mass is 10.0. The minimum Gasteiger partial charge on any atom is -0.454 e. The zero-order valence-electron chi connectivity index (χ0n) is 16.2. The Balaban J connectivity index is 1.63. The summed E-state index contributed by atoms with van der Waals surface area (Å²) in [5.74, 6) is 0.235. The van der Waals surface area contributed by atoms with E-state index >= 15 is 0 Å². The van der Waals surface area contributed by atoms with E-state index in [1.807, 2.05) is 36.4 Å². The fourth-order valence-corrected chi connectivity index (χ4v) is 3.89. The molecule has 6 nitrogen and oxygen atoms in total. The summed E-state index contributed by atoms with van der Waals surface area (Å²) in [4.78, 5) is 29.6. The Morgan fingerprint density at radius 2 is 1.29 bits per heavy atom. The summed E-state index contributed by atoms with van der Waals surface area (Å²) >= 11 is 5.60. The maximum Gasteiger partial charge on any atom is 0.270 e. The number of hydrogen-bond donors (Lipinski definition) is 0. The van der Waals surface area contributed by atoms with Gasteiger partial charge in [0.1, 0.15) is 5.57 Å². The number of benzene rings is 3. The van der Waals surface area contributed by atoms with Gasteiger partial charge in [-0.2, -0.15) is 0 Å². The number of amides is 2. The van der Waals surface area contributed by atoms with E-state index < -0.39 is 11.8 Å². The van der Waals surface area contributed by atoms with E-state index in [9.17, 15) is 9.59 Å². The van der Waals surface area contributed by atoms with Crippen molar-refractivity contribution in [1.82, 2.24) is 0 Å². The standard InChI is InChI=1S/C24H16N2O4S/c27-22-19(13-16-11-12-20-21(14-16)30-15-29-20)23(28)26(18-9-5-2-6-10-18)24(31)25(22)17-7-3-1-4-8-17/h1-14H,15H2. The first-order valence-corrected chi connectivity index (χ1v) is 9.98. The van der Waals surface area contributed by atoms with E-state index in [1.165, 1.54) is 9.80 Å². The van der Waals surface area contributed by atoms with E-state index in [0.717, 1.165) is 0 Å². The van der Waals surface area contributed by atoms with Crippen molar-refractivity contribution in [2.24, 2.45) is 0 Å². The molecule has 1 saturated heterocycles. The van der Waals surface area contributed by atoms with Crippen LogP contribution in [0.1, 0.15) is 5.56 Å². The number of rotatable bonds is 3. The molecule has 3 aromatic rings. The molecule has 31 heavy (non-hydrogen) atoms. The number of para-hydroxylation sites is 2. The number of nitrogens with zero attached hydrogens (tertiary/aromatic N) is 2. The predicted octanol–water partition coefficient (Wildman–Crippen LogP) is 4.16. The van der Waals surface area contributed by atoms with Gasteiger partial charge < -0.3 is 9.47 Å². The molecule has 152 valence electrons. The fourth-order valence-electron chi connectivity index (χ4n) is 3.51. The Bertz CT molecular complexity index is 1160. The molecule has 0 radical (unpaired) electrons. The number of fused-ring (bicyclic) bond motifs is 1. The molecule has 0 bridgehead atoms. The van der Waals surface area contributed by atoms with Gasteiger partial charge in [0, 0.05) is 0 Å². The van der Waals surface area contributed by atoms with Crippen molar-refractivity contribution in [3.63, 3.8) is 0 Å². The number of carbonyl (C=O) groups excluding carboxylic acids is 2. The van der Waals surface area contributed by atoms with Gasteiger partial charge in [0.05, 0.1) is 11.4 Å². The van der Waals surface area contributed by atoms with Crippen LogP contribution in [0.5, 0.6) is 11.5 Å². The van der Waals surface area contributed by atoms with Crippen molar-refractivity contribution in [1.29, 1.82) is 0 Å². The monoisotopic (exact) mass is 428 g/mol. The second kappa shape index (κ2) is 7.70. The predicted molar refractivity (Wildman–Crippen MR) is 121 cm³/mol. The van der Waals surface area contributed by atoms with Gasteiger partial charge in [-0.05, 0) is 60.3 Å². The van der Waals surface area contributed by atoms with Crippen molar-refractivity contribution in [3.05, 3.63) is 90.0 Å². The molecule has 2 aliphatic rings. The lowest BCUT2D eigenvalue weighted by Crippen LogP contribution is -2.56. The van der Waals surface area contributed by atoms with Gasteiger partial charge >= 0.3 is 0 Å². The van der Waals surface area contributed by atoms with Crippen LogP contribution < -0.4 is 19.3 Å². The van der Waals surface area contributed by atoms with E-state index in [1.54, 1.807) is 48.5 Å². The number of thiocarbonyl (C=S) groups is 1. The lowest BCUT2D eigenvalue weighted by molar-refractivity contribution is -0.120. The van der Waals surface area contributed by atoms with Gasteiger partial charge in [0.2, 0.25) is 6.79 Å². The van der Waals surface area contributed by atoms with Gasteiger partial charge in [0.15, 0.2) is 16.6 Å². The highest BCUT2D eigenvalue weighted by Gasteiger charge is 2.41. The molecule has 0 spiro atoms. The minimum absolute atomic E-state index is 0.000159. The van der Waals surface area contributed by atoms with Crippen LogP contribution in [0.25, 0.3) is 6.08 Å². The lowest BCUT2D eigenvalue weighted by Gasteiger charge is -2.36. The van der Waals surface area contributed by atoms with Crippen LogP contribution in [-0.2, 0) is 9.59 Å². The van der Waals surface area contributed by atoms with Crippen molar-refractivity contribution in [2.75, 3.05) is 16.6 Å². The minimum atomic E-state index is -0.481. The van der Waals surface area contributed by atoms with Crippen LogP contribution >= 0.6 is 12.2 Å². The van der Waals surface area contributed by atoms with E-state index in [4.69, 9.17) is 21.7 Å². The molecule has 2 aliphatic heterocycles. The summed E-state index contributed by atoms with van der Waals surface area (Å²) in [6.45, 7) is 0.144. The molecule has 1 fully saturated rings. The van der Waals surface area contributed by atoms with Crippen molar-refractivity contribution in [3.8, 4) is 11.5 Å². The quantitative estimate of drug-likeness (QED) is 0.356. The Morgan fingerprint density at radius 1 is 0.742 bits per heavy atom. The third kappa shape index (κ3) is 3.35. The number of hydrogen-bond acceptors (Lipinski definition) is 5. The smallest absolute Gasteiger partial charge is 0.270 e. The maximum absolute atomic E-state index is 13.4. The molecule has 7 heteroatoms. The molecule has 0 aromatic heterocycles. The zero-order chi connectivity index (χ0) is 21.4. The molecule has 0 aliphatic carbocycles. The summed E-state index contributed by atoms with van der Waals surface area (Å²) in [6, 6.07) is 23.3. The number of carbonyl (C=O) groups is 2. The zero-order valence-corrected chi connectivity index (χ0v) is 17.0. The van der Waals surface area contributed by atoms with Gasteiger partial charge in [-0.25, -0.2) is 0 Å². The molecule has 2 heterocycles. The molecular weight excluding hydrogens is 412 g/mol. The molecule has 0 saturated carbocycles. The highest BCUT2D eigenvalue weighted by molar-refractivity contribution is 7.81. The highest BCUT2D eigenvalue weighted by atomic mass is 32.1. The summed E-state index contributed by atoms with van der Waals surface area (Å²) < 4.78 is 10.8. The fraction of sp³-hybridized carbons (Fsp3) is 0.0417. The third-order valence-electron chi connectivity index (χ3n) is 4.99. The third-order valence-corrected chi connectivity index (χ3v) is 5.35. The molecule has 0 N–H and O–H groups in total. The molecule has 2 amide bonds. The molecule has 0 atom stereocenters. The van der Waals surface area contributed by atoms with E-state index in [-0.39, 0.29) is 17.5 Å². The van der Waals surface area contributed by atoms with Crippen molar-refractivity contribution < 1.29 is 19.1 Å². The first-order chi connectivity index (χ1) is 15.1. The Morgan fingerprint density at radius 3 is 1.87 bits per heavy atom. The molecule has 0 unspecified atom stereocenters. The average Bonchev–Trinajstić information content (AvgIpc) is 3.26. The first kappa shape index (κ1) is 19.0. The van der Waals surface area contributed by atoms with E-state index in [2.05, 4.69) is 0 Å². The summed E-state index contributed by atoms with van der Waals surface area (Å²) in [5.41, 5.74) is 1.82. The summed E-state index contributed by atoms with van der Waals surface area (Å²) in [5, 5.41) is 0.107. The summed E-state index contributed by atoms with van der Waals surface area (Å²) in [7, 11) is 0. The Kier molecular flexibility index (Phi) is 4.72. The molecular formula is C24H16N2O4S. The van der Waals surface area contributed by atoms with E-state index in [0.29, 0.717) is 28.4 Å². The van der Waals surface area contributed by atoms with Gasteiger partial charge in [-0.15, -0.1) is 0 Å². The van der Waals surface area contributed by atoms with Crippen LogP contribution in [0.3, 0.4) is 0 Å². The van der Waals surface area contributed by atoms with Crippen LogP contribution in [0.2, 0.25) is 0 Å². The van der Waals surface area contributed by atoms with Crippen LogP contribution in [0.15, 0.2) is 84.4 Å². The molecule has 5 rings (SSSR count). The van der Waals surface area contributed by atoms with Crippen molar-refractivity contribution >= 4 is 46.6 Å². The average molecular weight is 428 g/mol. The van der Waals surface area contributed by atoms with Gasteiger partial charge in [-0.3, -0.25) is 19.4 Å². The first-order valence-electron chi connectivity index (χ1n) is 9.58. The second-order valence-electron chi connectivity index (χ2n) is 6.91.